The van der Waals surface area contributed by atoms with Crippen LogP contribution in [0.15, 0.2) is 24.3 Å². The lowest BCUT2D eigenvalue weighted by Crippen LogP contribution is -2.24. The highest BCUT2D eigenvalue weighted by atomic mass is 16.5. The van der Waals surface area contributed by atoms with Crippen molar-refractivity contribution >= 4 is 17.3 Å². The Kier molecular flexibility index (Phi) is 4.80. The highest BCUT2D eigenvalue weighted by Gasteiger charge is 2.29. The molecule has 1 unspecified atom stereocenters. The summed E-state index contributed by atoms with van der Waals surface area (Å²) in [7, 11) is 1.70. The number of methoxy groups -OCH3 is 1. The number of benzene rings is 1. The minimum Gasteiger partial charge on any atom is -0.383 e. The molecule has 4 nitrogen and oxygen atoms in total. The van der Waals surface area contributed by atoms with Crippen LogP contribution in [0.1, 0.15) is 26.2 Å². The number of nitrogens with one attached hydrogen (secondary N) is 2. The molecule has 0 saturated heterocycles. The molecule has 0 aromatic heterocycles. The van der Waals surface area contributed by atoms with Crippen LogP contribution in [0, 0.1) is 5.92 Å². The maximum Gasteiger partial charge on any atom is 0.227 e. The molecule has 1 saturated carbocycles. The number of ether oxygens (including phenoxy) is 1. The van der Waals surface area contributed by atoms with E-state index in [2.05, 4.69) is 17.6 Å². The van der Waals surface area contributed by atoms with Gasteiger partial charge in [0.25, 0.3) is 0 Å². The first-order valence-electron chi connectivity index (χ1n) is 6.89. The number of rotatable bonds is 7. The Balaban J connectivity index is 1.95. The topological polar surface area (TPSA) is 50.4 Å². The van der Waals surface area contributed by atoms with E-state index in [9.17, 15) is 4.79 Å². The molecule has 1 aliphatic rings. The van der Waals surface area contributed by atoms with Gasteiger partial charge < -0.3 is 15.4 Å². The molecule has 1 aromatic rings. The lowest BCUT2D eigenvalue weighted by Gasteiger charge is -2.18. The smallest absolute Gasteiger partial charge is 0.227 e. The minimum atomic E-state index is 0.140. The van der Waals surface area contributed by atoms with E-state index < -0.39 is 0 Å². The van der Waals surface area contributed by atoms with Gasteiger partial charge in [-0.05, 0) is 37.5 Å². The normalized spacial score (nSPS) is 15.9. The van der Waals surface area contributed by atoms with Gasteiger partial charge in [0.05, 0.1) is 6.61 Å². The van der Waals surface area contributed by atoms with Gasteiger partial charge in [-0.3, -0.25) is 4.79 Å². The van der Waals surface area contributed by atoms with E-state index in [0.717, 1.165) is 30.6 Å². The number of carbonyl (C=O) groups is 1. The maximum absolute atomic E-state index is 11.7. The van der Waals surface area contributed by atoms with Crippen molar-refractivity contribution in [2.45, 2.75) is 32.2 Å². The maximum atomic E-state index is 11.7. The Morgan fingerprint density at radius 2 is 2.16 bits per heavy atom. The van der Waals surface area contributed by atoms with Gasteiger partial charge in [-0.15, -0.1) is 0 Å². The third-order valence-electron chi connectivity index (χ3n) is 3.31. The van der Waals surface area contributed by atoms with Crippen LogP contribution in [-0.2, 0) is 9.53 Å². The van der Waals surface area contributed by atoms with Crippen LogP contribution in [0.3, 0.4) is 0 Å². The van der Waals surface area contributed by atoms with Gasteiger partial charge in [-0.2, -0.15) is 0 Å². The molecule has 4 heteroatoms. The predicted octanol–water partition coefficient (Wildman–Crippen LogP) is 2.87. The average molecular weight is 262 g/mol. The Labute approximate surface area is 114 Å². The highest BCUT2D eigenvalue weighted by molar-refractivity contribution is 5.94. The molecule has 19 heavy (non-hydrogen) atoms. The first kappa shape index (κ1) is 13.9. The summed E-state index contributed by atoms with van der Waals surface area (Å²) < 4.78 is 5.17. The summed E-state index contributed by atoms with van der Waals surface area (Å²) in [5, 5.41) is 6.37. The fourth-order valence-corrected chi connectivity index (χ4v) is 1.98. The van der Waals surface area contributed by atoms with E-state index in [1.807, 2.05) is 24.3 Å². The van der Waals surface area contributed by atoms with E-state index in [1.54, 1.807) is 7.11 Å². The largest absolute Gasteiger partial charge is 0.383 e. The van der Waals surface area contributed by atoms with Crippen molar-refractivity contribution in [2.24, 2.45) is 5.92 Å². The Morgan fingerprint density at radius 1 is 1.42 bits per heavy atom. The molecule has 1 amide bonds. The second kappa shape index (κ2) is 6.57. The van der Waals surface area contributed by atoms with Gasteiger partial charge in [-0.1, -0.05) is 13.0 Å². The molecule has 1 atom stereocenters. The second-order valence-corrected chi connectivity index (χ2v) is 5.05. The summed E-state index contributed by atoms with van der Waals surface area (Å²) in [4.78, 5) is 11.7. The predicted molar refractivity (Wildman–Crippen MR) is 77.4 cm³/mol. The summed E-state index contributed by atoms with van der Waals surface area (Å²) in [6.45, 7) is 2.80. The van der Waals surface area contributed by atoms with Gasteiger partial charge in [0.1, 0.15) is 0 Å². The van der Waals surface area contributed by atoms with Gasteiger partial charge in [0.15, 0.2) is 0 Å². The van der Waals surface area contributed by atoms with Crippen LogP contribution in [0.2, 0.25) is 0 Å². The molecule has 0 heterocycles. The molecule has 104 valence electrons. The van der Waals surface area contributed by atoms with Crippen molar-refractivity contribution in [2.75, 3.05) is 24.4 Å². The third-order valence-corrected chi connectivity index (χ3v) is 3.31. The number of hydrogen-bond acceptors (Lipinski definition) is 3. The fourth-order valence-electron chi connectivity index (χ4n) is 1.98. The summed E-state index contributed by atoms with van der Waals surface area (Å²) in [6.07, 6.45) is 3.04. The van der Waals surface area contributed by atoms with Crippen molar-refractivity contribution in [3.05, 3.63) is 24.3 Å². The standard InChI is InChI=1S/C15H22N2O2/c1-3-12(10-19-2)16-13-5-4-6-14(9-13)17-15(18)11-7-8-11/h4-6,9,11-12,16H,3,7-8,10H2,1-2H3,(H,17,18). The van der Waals surface area contributed by atoms with Crippen LogP contribution < -0.4 is 10.6 Å². The van der Waals surface area contributed by atoms with Gasteiger partial charge in [-0.25, -0.2) is 0 Å². The van der Waals surface area contributed by atoms with Crippen molar-refractivity contribution in [1.29, 1.82) is 0 Å². The van der Waals surface area contributed by atoms with Crippen molar-refractivity contribution in [1.82, 2.24) is 0 Å². The Hall–Kier alpha value is -1.55. The Morgan fingerprint density at radius 3 is 2.79 bits per heavy atom. The van der Waals surface area contributed by atoms with Crippen molar-refractivity contribution < 1.29 is 9.53 Å². The summed E-state index contributed by atoms with van der Waals surface area (Å²) in [6, 6.07) is 8.14. The SMILES string of the molecule is CCC(COC)Nc1cccc(NC(=O)C2CC2)c1. The molecular weight excluding hydrogens is 240 g/mol. The lowest BCUT2D eigenvalue weighted by molar-refractivity contribution is -0.117. The third kappa shape index (κ3) is 4.24. The van der Waals surface area contributed by atoms with Gasteiger partial charge in [0, 0.05) is 30.4 Å². The Bertz CT molecular complexity index is 430. The number of hydrogen-bond donors (Lipinski definition) is 2. The lowest BCUT2D eigenvalue weighted by atomic mass is 10.2. The monoisotopic (exact) mass is 262 g/mol. The summed E-state index contributed by atoms with van der Waals surface area (Å²) in [5.74, 6) is 0.370. The molecule has 1 fully saturated rings. The molecular formula is C15H22N2O2. The van der Waals surface area contributed by atoms with E-state index in [1.165, 1.54) is 0 Å². The molecule has 2 N–H and O–H groups in total. The minimum absolute atomic E-state index is 0.140. The van der Waals surface area contributed by atoms with Crippen LogP contribution in [-0.4, -0.2) is 25.7 Å². The van der Waals surface area contributed by atoms with Crippen LogP contribution in [0.25, 0.3) is 0 Å². The number of amides is 1. The second-order valence-electron chi connectivity index (χ2n) is 5.05. The zero-order valence-corrected chi connectivity index (χ0v) is 11.6. The molecule has 0 aliphatic heterocycles. The van der Waals surface area contributed by atoms with Gasteiger partial charge in [0.2, 0.25) is 5.91 Å². The van der Waals surface area contributed by atoms with Gasteiger partial charge >= 0.3 is 0 Å². The molecule has 0 radical (unpaired) electrons. The quantitative estimate of drug-likeness (QED) is 0.794. The summed E-state index contributed by atoms with van der Waals surface area (Å²) >= 11 is 0. The molecule has 1 aliphatic carbocycles. The van der Waals surface area contributed by atoms with E-state index >= 15 is 0 Å². The van der Waals surface area contributed by atoms with E-state index in [-0.39, 0.29) is 11.8 Å². The average Bonchev–Trinajstić information content (AvgIpc) is 3.23. The highest BCUT2D eigenvalue weighted by Crippen LogP contribution is 2.30. The van der Waals surface area contributed by atoms with Crippen LogP contribution in [0.5, 0.6) is 0 Å². The number of carbonyl (C=O) groups excluding carboxylic acids is 1. The first-order valence-corrected chi connectivity index (χ1v) is 6.89. The molecule has 2 rings (SSSR count). The van der Waals surface area contributed by atoms with Crippen molar-refractivity contribution in [3.8, 4) is 0 Å². The van der Waals surface area contributed by atoms with E-state index in [4.69, 9.17) is 4.74 Å². The van der Waals surface area contributed by atoms with E-state index in [0.29, 0.717) is 12.6 Å². The van der Waals surface area contributed by atoms with Crippen LogP contribution >= 0.6 is 0 Å². The van der Waals surface area contributed by atoms with Crippen molar-refractivity contribution in [3.63, 3.8) is 0 Å². The molecule has 0 bridgehead atoms. The molecule has 1 aromatic carbocycles. The first-order chi connectivity index (χ1) is 9.22. The summed E-state index contributed by atoms with van der Waals surface area (Å²) in [5.41, 5.74) is 1.87. The van der Waals surface area contributed by atoms with Crippen LogP contribution in [0.4, 0.5) is 11.4 Å². The molecule has 0 spiro atoms. The zero-order chi connectivity index (χ0) is 13.7. The fraction of sp³-hybridized carbons (Fsp3) is 0.533. The zero-order valence-electron chi connectivity index (χ0n) is 11.6. The number of anilines is 2.